The van der Waals surface area contributed by atoms with Crippen molar-refractivity contribution < 1.29 is 0 Å². The third-order valence-electron chi connectivity index (χ3n) is 3.41. The van der Waals surface area contributed by atoms with Crippen LogP contribution in [0.1, 0.15) is 22.3 Å². The summed E-state index contributed by atoms with van der Waals surface area (Å²) in [6.45, 7) is 5.72. The van der Waals surface area contributed by atoms with E-state index in [2.05, 4.69) is 78.1 Å². The van der Waals surface area contributed by atoms with Crippen molar-refractivity contribution in [2.75, 3.05) is 11.9 Å². The van der Waals surface area contributed by atoms with Gasteiger partial charge in [-0.15, -0.1) is 0 Å². The summed E-state index contributed by atoms with van der Waals surface area (Å²) in [5.41, 5.74) is 11.9. The Morgan fingerprint density at radius 2 is 1.70 bits per heavy atom. The Morgan fingerprint density at radius 1 is 1.05 bits per heavy atom. The van der Waals surface area contributed by atoms with Crippen molar-refractivity contribution in [1.82, 2.24) is 0 Å². The van der Waals surface area contributed by atoms with Crippen LogP contribution < -0.4 is 10.6 Å². The van der Waals surface area contributed by atoms with Gasteiger partial charge in [-0.05, 0) is 54.3 Å². The lowest BCUT2D eigenvalue weighted by atomic mass is 10.1. The van der Waals surface area contributed by atoms with E-state index in [4.69, 9.17) is 5.73 Å². The molecule has 2 aromatic rings. The minimum Gasteiger partial charge on any atom is -0.370 e. The molecule has 0 amide bonds. The molecular formula is C17H21BrN2. The lowest BCUT2D eigenvalue weighted by Crippen LogP contribution is -2.17. The molecule has 0 aliphatic rings. The highest BCUT2D eigenvalue weighted by Crippen LogP contribution is 2.24. The summed E-state index contributed by atoms with van der Waals surface area (Å²) in [6, 6.07) is 13.0. The van der Waals surface area contributed by atoms with Crippen molar-refractivity contribution in [1.29, 1.82) is 0 Å². The van der Waals surface area contributed by atoms with Crippen LogP contribution in [0.5, 0.6) is 0 Å². The van der Waals surface area contributed by atoms with Crippen LogP contribution >= 0.6 is 15.9 Å². The zero-order valence-corrected chi connectivity index (χ0v) is 13.9. The topological polar surface area (TPSA) is 29.3 Å². The predicted octanol–water partition coefficient (Wildman–Crippen LogP) is 4.16. The maximum absolute atomic E-state index is 5.66. The van der Waals surface area contributed by atoms with Gasteiger partial charge in [0.1, 0.15) is 0 Å². The number of rotatable bonds is 4. The Morgan fingerprint density at radius 3 is 2.25 bits per heavy atom. The molecule has 0 heterocycles. The van der Waals surface area contributed by atoms with Crippen LogP contribution in [0.25, 0.3) is 0 Å². The molecule has 0 bridgehead atoms. The molecule has 106 valence electrons. The predicted molar refractivity (Wildman–Crippen MR) is 90.1 cm³/mol. The van der Waals surface area contributed by atoms with Crippen LogP contribution in [0.15, 0.2) is 40.9 Å². The van der Waals surface area contributed by atoms with E-state index in [-0.39, 0.29) is 0 Å². The number of aryl methyl sites for hydroxylation is 2. The molecule has 2 nitrogen and oxygen atoms in total. The zero-order chi connectivity index (χ0) is 14.7. The van der Waals surface area contributed by atoms with Gasteiger partial charge in [0.25, 0.3) is 0 Å². The second-order valence-electron chi connectivity index (χ2n) is 5.33. The molecule has 2 aromatic carbocycles. The van der Waals surface area contributed by atoms with Gasteiger partial charge in [-0.25, -0.2) is 0 Å². The van der Waals surface area contributed by atoms with Gasteiger partial charge in [-0.1, -0.05) is 34.1 Å². The SMILES string of the molecule is Cc1cc(C)cc(N(C)Cc2ccc(CN)cc2Br)c1. The highest BCUT2D eigenvalue weighted by Gasteiger charge is 2.07. The summed E-state index contributed by atoms with van der Waals surface area (Å²) in [5, 5.41) is 0. The number of halogens is 1. The molecule has 20 heavy (non-hydrogen) atoms. The first-order chi connectivity index (χ1) is 9.49. The number of nitrogens with two attached hydrogens (primary N) is 1. The minimum atomic E-state index is 0.575. The summed E-state index contributed by atoms with van der Waals surface area (Å²) in [5.74, 6) is 0. The molecule has 0 unspecified atom stereocenters. The maximum Gasteiger partial charge on any atom is 0.0437 e. The number of benzene rings is 2. The second kappa shape index (κ2) is 6.42. The summed E-state index contributed by atoms with van der Waals surface area (Å²) >= 11 is 3.64. The van der Waals surface area contributed by atoms with E-state index in [1.165, 1.54) is 22.4 Å². The third-order valence-corrected chi connectivity index (χ3v) is 4.15. The molecule has 0 aliphatic carbocycles. The van der Waals surface area contributed by atoms with Gasteiger partial charge in [0.05, 0.1) is 0 Å². The fourth-order valence-electron chi connectivity index (χ4n) is 2.36. The van der Waals surface area contributed by atoms with Crippen molar-refractivity contribution in [3.63, 3.8) is 0 Å². The molecule has 0 radical (unpaired) electrons. The van der Waals surface area contributed by atoms with Gasteiger partial charge in [0.2, 0.25) is 0 Å². The quantitative estimate of drug-likeness (QED) is 0.910. The van der Waals surface area contributed by atoms with Crippen molar-refractivity contribution in [3.8, 4) is 0 Å². The normalized spacial score (nSPS) is 10.7. The summed E-state index contributed by atoms with van der Waals surface area (Å²) < 4.78 is 1.12. The van der Waals surface area contributed by atoms with E-state index < -0.39 is 0 Å². The average Bonchev–Trinajstić information content (AvgIpc) is 2.39. The van der Waals surface area contributed by atoms with Crippen LogP contribution in [0, 0.1) is 13.8 Å². The van der Waals surface area contributed by atoms with Crippen molar-refractivity contribution >= 4 is 21.6 Å². The molecule has 0 spiro atoms. The van der Waals surface area contributed by atoms with Gasteiger partial charge in [0.15, 0.2) is 0 Å². The summed E-state index contributed by atoms with van der Waals surface area (Å²) in [4.78, 5) is 2.27. The highest BCUT2D eigenvalue weighted by atomic mass is 79.9. The Hall–Kier alpha value is -1.32. The molecule has 3 heteroatoms. The van der Waals surface area contributed by atoms with Crippen LogP contribution in [0.4, 0.5) is 5.69 Å². The van der Waals surface area contributed by atoms with E-state index in [9.17, 15) is 0 Å². The summed E-state index contributed by atoms with van der Waals surface area (Å²) in [6.07, 6.45) is 0. The largest absolute Gasteiger partial charge is 0.370 e. The van der Waals surface area contributed by atoms with E-state index in [0.717, 1.165) is 16.6 Å². The number of nitrogens with zero attached hydrogens (tertiary/aromatic N) is 1. The Kier molecular flexibility index (Phi) is 4.84. The first kappa shape index (κ1) is 15.1. The molecule has 0 saturated carbocycles. The Balaban J connectivity index is 2.20. The maximum atomic E-state index is 5.66. The second-order valence-corrected chi connectivity index (χ2v) is 6.19. The zero-order valence-electron chi connectivity index (χ0n) is 12.3. The third kappa shape index (κ3) is 3.62. The first-order valence-electron chi connectivity index (χ1n) is 6.76. The van der Waals surface area contributed by atoms with Crippen LogP contribution in [-0.4, -0.2) is 7.05 Å². The van der Waals surface area contributed by atoms with Gasteiger partial charge < -0.3 is 10.6 Å². The Labute approximate surface area is 129 Å². The van der Waals surface area contributed by atoms with Crippen LogP contribution in [0.2, 0.25) is 0 Å². The van der Waals surface area contributed by atoms with Crippen LogP contribution in [0.3, 0.4) is 0 Å². The minimum absolute atomic E-state index is 0.575. The van der Waals surface area contributed by atoms with E-state index in [1.807, 2.05) is 0 Å². The van der Waals surface area contributed by atoms with Crippen molar-refractivity contribution in [2.24, 2.45) is 5.73 Å². The van der Waals surface area contributed by atoms with E-state index in [0.29, 0.717) is 6.54 Å². The lowest BCUT2D eigenvalue weighted by Gasteiger charge is -2.21. The smallest absolute Gasteiger partial charge is 0.0437 e. The standard InChI is InChI=1S/C17H21BrN2/c1-12-6-13(2)8-16(7-12)20(3)11-15-5-4-14(10-19)9-17(15)18/h4-9H,10-11,19H2,1-3H3. The average molecular weight is 333 g/mol. The van der Waals surface area contributed by atoms with Gasteiger partial charge in [-0.2, -0.15) is 0 Å². The van der Waals surface area contributed by atoms with E-state index >= 15 is 0 Å². The van der Waals surface area contributed by atoms with Gasteiger partial charge in [-0.3, -0.25) is 0 Å². The number of hydrogen-bond donors (Lipinski definition) is 1. The lowest BCUT2D eigenvalue weighted by molar-refractivity contribution is 0.913. The molecule has 0 aromatic heterocycles. The molecule has 0 fully saturated rings. The van der Waals surface area contributed by atoms with Gasteiger partial charge >= 0.3 is 0 Å². The van der Waals surface area contributed by atoms with Gasteiger partial charge in [0, 0.05) is 30.3 Å². The number of anilines is 1. The molecule has 2 rings (SSSR count). The summed E-state index contributed by atoms with van der Waals surface area (Å²) in [7, 11) is 2.12. The van der Waals surface area contributed by atoms with Crippen molar-refractivity contribution in [3.05, 3.63) is 63.1 Å². The van der Waals surface area contributed by atoms with Crippen LogP contribution in [-0.2, 0) is 13.1 Å². The number of hydrogen-bond acceptors (Lipinski definition) is 2. The molecule has 0 aliphatic heterocycles. The van der Waals surface area contributed by atoms with E-state index in [1.54, 1.807) is 0 Å². The molecule has 0 atom stereocenters. The fourth-order valence-corrected chi connectivity index (χ4v) is 2.92. The van der Waals surface area contributed by atoms with Crippen molar-refractivity contribution in [2.45, 2.75) is 26.9 Å². The molecular weight excluding hydrogens is 312 g/mol. The highest BCUT2D eigenvalue weighted by molar-refractivity contribution is 9.10. The first-order valence-corrected chi connectivity index (χ1v) is 7.55. The molecule has 2 N–H and O–H groups in total. The molecule has 0 saturated heterocycles. The Bertz CT molecular complexity index is 588. The fraction of sp³-hybridized carbons (Fsp3) is 0.294. The monoisotopic (exact) mass is 332 g/mol.